The largest absolute Gasteiger partial charge is 0.507 e. The molecule has 5 heteroatoms. The van der Waals surface area contributed by atoms with E-state index < -0.39 is 5.41 Å². The number of anilines is 1. The Hall–Kier alpha value is -2.82. The number of hydrogen-bond donors (Lipinski definition) is 2. The van der Waals surface area contributed by atoms with Crippen molar-refractivity contribution in [1.82, 2.24) is 4.98 Å². The van der Waals surface area contributed by atoms with Gasteiger partial charge in [-0.1, -0.05) is 32.9 Å². The molecule has 5 nitrogen and oxygen atoms in total. The summed E-state index contributed by atoms with van der Waals surface area (Å²) in [5.74, 6) is 0.257. The van der Waals surface area contributed by atoms with E-state index in [0.717, 1.165) is 0 Å². The fourth-order valence-corrected chi connectivity index (χ4v) is 2.09. The topological polar surface area (TPSA) is 75.4 Å². The molecule has 0 spiro atoms. The number of oxazole rings is 1. The minimum atomic E-state index is -0.504. The number of aromatic nitrogens is 1. The van der Waals surface area contributed by atoms with E-state index in [0.29, 0.717) is 28.2 Å². The van der Waals surface area contributed by atoms with Crippen LogP contribution in [0.4, 0.5) is 5.69 Å². The smallest absolute Gasteiger partial charge is 0.231 e. The van der Waals surface area contributed by atoms with Crippen molar-refractivity contribution in [3.8, 4) is 17.2 Å². The number of carbonyl (C=O) groups is 1. The molecule has 118 valence electrons. The van der Waals surface area contributed by atoms with E-state index >= 15 is 0 Å². The molecule has 0 unspecified atom stereocenters. The van der Waals surface area contributed by atoms with Crippen LogP contribution in [0, 0.1) is 5.41 Å². The number of nitrogens with zero attached hydrogens (tertiary/aromatic N) is 1. The summed E-state index contributed by atoms with van der Waals surface area (Å²) in [4.78, 5) is 16.5. The summed E-state index contributed by atoms with van der Waals surface area (Å²) in [6.07, 6.45) is 0. The number of phenolic OH excluding ortho intramolecular Hbond substituents is 1. The first kappa shape index (κ1) is 15.1. The third kappa shape index (κ3) is 3.04. The standard InChI is InChI=1S/C18H18N2O3/c1-18(2,3)17(22)19-11-8-9-14(21)12(10-11)16-20-13-6-4-5-7-15(13)23-16/h4-10,21H,1-3H3,(H,19,22). The molecule has 0 fully saturated rings. The van der Waals surface area contributed by atoms with Gasteiger partial charge in [0.15, 0.2) is 5.58 Å². The average Bonchev–Trinajstić information content (AvgIpc) is 2.91. The summed E-state index contributed by atoms with van der Waals surface area (Å²) in [6.45, 7) is 5.51. The lowest BCUT2D eigenvalue weighted by atomic mass is 9.95. The normalized spacial score (nSPS) is 11.6. The third-order valence-electron chi connectivity index (χ3n) is 3.46. The monoisotopic (exact) mass is 310 g/mol. The number of phenols is 1. The van der Waals surface area contributed by atoms with Crippen LogP contribution in [-0.2, 0) is 4.79 Å². The maximum Gasteiger partial charge on any atom is 0.231 e. The van der Waals surface area contributed by atoms with Crippen LogP contribution in [0.15, 0.2) is 46.9 Å². The number of rotatable bonds is 2. The summed E-state index contributed by atoms with van der Waals surface area (Å²) in [7, 11) is 0. The Morgan fingerprint density at radius 2 is 1.91 bits per heavy atom. The van der Waals surface area contributed by atoms with Crippen molar-refractivity contribution in [1.29, 1.82) is 0 Å². The first-order valence-electron chi connectivity index (χ1n) is 7.35. The fourth-order valence-electron chi connectivity index (χ4n) is 2.09. The zero-order chi connectivity index (χ0) is 16.6. The lowest BCUT2D eigenvalue weighted by Crippen LogP contribution is -2.27. The van der Waals surface area contributed by atoms with Crippen LogP contribution in [0.25, 0.3) is 22.6 Å². The van der Waals surface area contributed by atoms with Crippen LogP contribution in [0.5, 0.6) is 5.75 Å². The predicted octanol–water partition coefficient (Wildman–Crippen LogP) is 4.19. The maximum absolute atomic E-state index is 12.1. The van der Waals surface area contributed by atoms with Gasteiger partial charge in [-0.05, 0) is 30.3 Å². The summed E-state index contributed by atoms with van der Waals surface area (Å²) in [5, 5.41) is 12.9. The highest BCUT2D eigenvalue weighted by Gasteiger charge is 2.22. The second kappa shape index (κ2) is 5.43. The van der Waals surface area contributed by atoms with Gasteiger partial charge in [0.1, 0.15) is 11.3 Å². The number of aromatic hydroxyl groups is 1. The van der Waals surface area contributed by atoms with E-state index in [1.807, 2.05) is 45.0 Å². The molecule has 3 rings (SSSR count). The van der Waals surface area contributed by atoms with E-state index in [4.69, 9.17) is 4.42 Å². The highest BCUT2D eigenvalue weighted by Crippen LogP contribution is 2.33. The molecule has 23 heavy (non-hydrogen) atoms. The van der Waals surface area contributed by atoms with E-state index in [2.05, 4.69) is 10.3 Å². The van der Waals surface area contributed by atoms with Gasteiger partial charge in [-0.3, -0.25) is 4.79 Å². The summed E-state index contributed by atoms with van der Waals surface area (Å²) in [5.41, 5.74) is 1.88. The van der Waals surface area contributed by atoms with Gasteiger partial charge >= 0.3 is 0 Å². The number of fused-ring (bicyclic) bond motifs is 1. The molecule has 0 saturated carbocycles. The van der Waals surface area contributed by atoms with Crippen molar-refractivity contribution in [2.24, 2.45) is 5.41 Å². The van der Waals surface area contributed by atoms with Crippen LogP contribution >= 0.6 is 0 Å². The van der Waals surface area contributed by atoms with Crippen molar-refractivity contribution in [2.75, 3.05) is 5.32 Å². The van der Waals surface area contributed by atoms with Gasteiger partial charge in [-0.2, -0.15) is 0 Å². The molecule has 2 N–H and O–H groups in total. The van der Waals surface area contributed by atoms with Gasteiger partial charge in [0.05, 0.1) is 5.56 Å². The fraction of sp³-hybridized carbons (Fsp3) is 0.222. The van der Waals surface area contributed by atoms with E-state index in [9.17, 15) is 9.90 Å². The van der Waals surface area contributed by atoms with Gasteiger partial charge in [0.25, 0.3) is 0 Å². The highest BCUT2D eigenvalue weighted by atomic mass is 16.3. The molecule has 1 heterocycles. The Morgan fingerprint density at radius 3 is 2.61 bits per heavy atom. The van der Waals surface area contributed by atoms with E-state index in [1.54, 1.807) is 12.1 Å². The lowest BCUT2D eigenvalue weighted by molar-refractivity contribution is -0.123. The molecule has 0 saturated heterocycles. The van der Waals surface area contributed by atoms with E-state index in [1.165, 1.54) is 6.07 Å². The lowest BCUT2D eigenvalue weighted by Gasteiger charge is -2.18. The molecule has 0 bridgehead atoms. The Kier molecular flexibility index (Phi) is 3.56. The minimum Gasteiger partial charge on any atom is -0.507 e. The molecule has 0 aliphatic rings. The average molecular weight is 310 g/mol. The number of para-hydroxylation sites is 2. The quantitative estimate of drug-likeness (QED) is 0.696. The van der Waals surface area contributed by atoms with Crippen LogP contribution in [0.2, 0.25) is 0 Å². The molecule has 2 aromatic carbocycles. The van der Waals surface area contributed by atoms with E-state index in [-0.39, 0.29) is 11.7 Å². The van der Waals surface area contributed by atoms with Crippen LogP contribution in [-0.4, -0.2) is 16.0 Å². The van der Waals surface area contributed by atoms with Crippen LogP contribution in [0.1, 0.15) is 20.8 Å². The number of benzene rings is 2. The summed E-state index contributed by atoms with van der Waals surface area (Å²) < 4.78 is 5.68. The second-order valence-corrected chi connectivity index (χ2v) is 6.42. The molecule has 0 radical (unpaired) electrons. The van der Waals surface area contributed by atoms with Crippen molar-refractivity contribution in [2.45, 2.75) is 20.8 Å². The maximum atomic E-state index is 12.1. The van der Waals surface area contributed by atoms with Gasteiger partial charge in [-0.15, -0.1) is 0 Å². The van der Waals surface area contributed by atoms with Gasteiger partial charge in [0, 0.05) is 11.1 Å². The Labute approximate surface area is 134 Å². The molecule has 1 aromatic heterocycles. The summed E-state index contributed by atoms with van der Waals surface area (Å²) >= 11 is 0. The predicted molar refractivity (Wildman–Crippen MR) is 89.2 cm³/mol. The number of amides is 1. The molecule has 1 amide bonds. The molecular weight excluding hydrogens is 292 g/mol. The minimum absolute atomic E-state index is 0.0466. The third-order valence-corrected chi connectivity index (χ3v) is 3.46. The van der Waals surface area contributed by atoms with Crippen molar-refractivity contribution < 1.29 is 14.3 Å². The number of hydrogen-bond acceptors (Lipinski definition) is 4. The van der Waals surface area contributed by atoms with Gasteiger partial charge < -0.3 is 14.8 Å². The molecular formula is C18H18N2O3. The highest BCUT2D eigenvalue weighted by molar-refractivity contribution is 5.95. The Morgan fingerprint density at radius 1 is 1.17 bits per heavy atom. The molecule has 3 aromatic rings. The number of carbonyl (C=O) groups excluding carboxylic acids is 1. The second-order valence-electron chi connectivity index (χ2n) is 6.42. The van der Waals surface area contributed by atoms with Crippen molar-refractivity contribution >= 4 is 22.7 Å². The first-order chi connectivity index (χ1) is 10.8. The first-order valence-corrected chi connectivity index (χ1v) is 7.35. The zero-order valence-corrected chi connectivity index (χ0v) is 13.3. The number of nitrogens with one attached hydrogen (secondary N) is 1. The molecule has 0 aliphatic heterocycles. The van der Waals surface area contributed by atoms with Crippen molar-refractivity contribution in [3.63, 3.8) is 0 Å². The molecule has 0 atom stereocenters. The Bertz CT molecular complexity index is 842. The van der Waals surface area contributed by atoms with Crippen molar-refractivity contribution in [3.05, 3.63) is 42.5 Å². The van der Waals surface area contributed by atoms with Gasteiger partial charge in [0.2, 0.25) is 11.8 Å². The van der Waals surface area contributed by atoms with Gasteiger partial charge in [-0.25, -0.2) is 4.98 Å². The SMILES string of the molecule is CC(C)(C)C(=O)Nc1ccc(O)c(-c2nc3ccccc3o2)c1. The summed E-state index contributed by atoms with van der Waals surface area (Å²) in [6, 6.07) is 12.2. The van der Waals surface area contributed by atoms with Crippen LogP contribution < -0.4 is 5.32 Å². The zero-order valence-electron chi connectivity index (χ0n) is 13.3. The Balaban J connectivity index is 1.99. The molecule has 0 aliphatic carbocycles. The van der Waals surface area contributed by atoms with Crippen LogP contribution in [0.3, 0.4) is 0 Å².